The van der Waals surface area contributed by atoms with Crippen LogP contribution in [0.25, 0.3) is 0 Å². The van der Waals surface area contributed by atoms with Crippen LogP contribution in [-0.4, -0.2) is 42.0 Å². The number of carbonyl (C=O) groups excluding carboxylic acids is 1. The molecule has 0 aromatic carbocycles. The maximum absolute atomic E-state index is 11.9. The molecule has 2 fully saturated rings. The standard InChI is InChI=1S/C13H17N3O/c17-13(16-8-3-9-16)11-4-5-12(14-10-11)15-6-1-2-7-15/h4-5,10H,1-3,6-9H2. The normalized spacial score (nSPS) is 19.3. The molecular formula is C13H17N3O. The molecule has 2 saturated heterocycles. The van der Waals surface area contributed by atoms with Gasteiger partial charge in [-0.2, -0.15) is 0 Å². The highest BCUT2D eigenvalue weighted by atomic mass is 16.2. The molecule has 0 aliphatic carbocycles. The van der Waals surface area contributed by atoms with Gasteiger partial charge in [-0.15, -0.1) is 0 Å². The van der Waals surface area contributed by atoms with Crippen molar-refractivity contribution in [2.45, 2.75) is 19.3 Å². The quantitative estimate of drug-likeness (QED) is 0.774. The molecule has 0 unspecified atom stereocenters. The summed E-state index contributed by atoms with van der Waals surface area (Å²) in [5.74, 6) is 1.12. The third-order valence-corrected chi connectivity index (χ3v) is 3.57. The Morgan fingerprint density at radius 1 is 1.06 bits per heavy atom. The number of pyridine rings is 1. The predicted molar refractivity (Wildman–Crippen MR) is 66.2 cm³/mol. The second kappa shape index (κ2) is 4.35. The zero-order valence-corrected chi connectivity index (χ0v) is 9.93. The summed E-state index contributed by atoms with van der Waals surface area (Å²) >= 11 is 0. The molecule has 0 bridgehead atoms. The second-order valence-corrected chi connectivity index (χ2v) is 4.74. The van der Waals surface area contributed by atoms with Gasteiger partial charge in [-0.3, -0.25) is 4.79 Å². The minimum atomic E-state index is 0.122. The van der Waals surface area contributed by atoms with Gasteiger partial charge in [0.05, 0.1) is 5.56 Å². The largest absolute Gasteiger partial charge is 0.357 e. The molecule has 4 heteroatoms. The number of aromatic nitrogens is 1. The van der Waals surface area contributed by atoms with E-state index in [9.17, 15) is 4.79 Å². The number of carbonyl (C=O) groups is 1. The van der Waals surface area contributed by atoms with Gasteiger partial charge in [-0.1, -0.05) is 0 Å². The van der Waals surface area contributed by atoms with E-state index in [1.165, 1.54) is 12.8 Å². The summed E-state index contributed by atoms with van der Waals surface area (Å²) in [6.07, 6.45) is 5.34. The fourth-order valence-electron chi connectivity index (χ4n) is 2.35. The zero-order valence-electron chi connectivity index (χ0n) is 9.93. The van der Waals surface area contributed by atoms with E-state index in [-0.39, 0.29) is 5.91 Å². The van der Waals surface area contributed by atoms with Crippen molar-refractivity contribution in [3.8, 4) is 0 Å². The molecular weight excluding hydrogens is 214 g/mol. The molecule has 2 aliphatic rings. The van der Waals surface area contributed by atoms with Gasteiger partial charge >= 0.3 is 0 Å². The van der Waals surface area contributed by atoms with E-state index in [4.69, 9.17) is 0 Å². The first-order valence-corrected chi connectivity index (χ1v) is 6.35. The second-order valence-electron chi connectivity index (χ2n) is 4.74. The highest BCUT2D eigenvalue weighted by molar-refractivity contribution is 5.94. The number of likely N-dealkylation sites (tertiary alicyclic amines) is 1. The van der Waals surface area contributed by atoms with E-state index in [1.54, 1.807) is 6.20 Å². The monoisotopic (exact) mass is 231 g/mol. The van der Waals surface area contributed by atoms with E-state index in [1.807, 2.05) is 17.0 Å². The molecule has 3 heterocycles. The topological polar surface area (TPSA) is 36.4 Å². The van der Waals surface area contributed by atoms with Gasteiger partial charge in [0.25, 0.3) is 5.91 Å². The molecule has 0 N–H and O–H groups in total. The molecule has 2 aliphatic heterocycles. The molecule has 0 saturated carbocycles. The van der Waals surface area contributed by atoms with Crippen LogP contribution in [0.2, 0.25) is 0 Å². The number of hydrogen-bond donors (Lipinski definition) is 0. The molecule has 1 aromatic rings. The molecule has 0 spiro atoms. The first-order valence-electron chi connectivity index (χ1n) is 6.35. The summed E-state index contributed by atoms with van der Waals surface area (Å²) < 4.78 is 0. The summed E-state index contributed by atoms with van der Waals surface area (Å²) in [5, 5.41) is 0. The van der Waals surface area contributed by atoms with Gasteiger partial charge < -0.3 is 9.80 Å². The average Bonchev–Trinajstić information content (AvgIpc) is 2.80. The predicted octanol–water partition coefficient (Wildman–Crippen LogP) is 1.53. The number of hydrogen-bond acceptors (Lipinski definition) is 3. The van der Waals surface area contributed by atoms with Gasteiger partial charge in [-0.05, 0) is 31.4 Å². The first-order chi connectivity index (χ1) is 8.34. The van der Waals surface area contributed by atoms with Crippen molar-refractivity contribution < 1.29 is 4.79 Å². The van der Waals surface area contributed by atoms with Gasteiger partial charge in [0.1, 0.15) is 5.82 Å². The Hall–Kier alpha value is -1.58. The van der Waals surface area contributed by atoms with E-state index >= 15 is 0 Å². The van der Waals surface area contributed by atoms with Crippen molar-refractivity contribution in [1.82, 2.24) is 9.88 Å². The van der Waals surface area contributed by atoms with Crippen molar-refractivity contribution in [2.24, 2.45) is 0 Å². The minimum Gasteiger partial charge on any atom is -0.357 e. The summed E-state index contributed by atoms with van der Waals surface area (Å²) in [5.41, 5.74) is 0.715. The Labute approximate surface area is 101 Å². The first kappa shape index (κ1) is 10.6. The Morgan fingerprint density at radius 2 is 1.82 bits per heavy atom. The lowest BCUT2D eigenvalue weighted by molar-refractivity contribution is 0.0651. The maximum Gasteiger partial charge on any atom is 0.255 e. The van der Waals surface area contributed by atoms with Crippen LogP contribution in [0.15, 0.2) is 18.3 Å². The fraction of sp³-hybridized carbons (Fsp3) is 0.538. The van der Waals surface area contributed by atoms with Crippen molar-refractivity contribution >= 4 is 11.7 Å². The molecule has 3 rings (SSSR count). The highest BCUT2D eigenvalue weighted by Crippen LogP contribution is 2.19. The third-order valence-electron chi connectivity index (χ3n) is 3.57. The van der Waals surface area contributed by atoms with E-state index in [2.05, 4.69) is 9.88 Å². The summed E-state index contributed by atoms with van der Waals surface area (Å²) in [4.78, 5) is 20.5. The zero-order chi connectivity index (χ0) is 11.7. The van der Waals surface area contributed by atoms with Gasteiger partial charge in [0, 0.05) is 32.4 Å². The van der Waals surface area contributed by atoms with Crippen molar-refractivity contribution in [2.75, 3.05) is 31.1 Å². The van der Waals surface area contributed by atoms with Crippen LogP contribution in [-0.2, 0) is 0 Å². The van der Waals surface area contributed by atoms with Crippen molar-refractivity contribution in [3.63, 3.8) is 0 Å². The fourth-order valence-corrected chi connectivity index (χ4v) is 2.35. The number of nitrogens with zero attached hydrogens (tertiary/aromatic N) is 3. The van der Waals surface area contributed by atoms with Crippen LogP contribution in [0.3, 0.4) is 0 Å². The minimum absolute atomic E-state index is 0.122. The number of anilines is 1. The molecule has 4 nitrogen and oxygen atoms in total. The van der Waals surface area contributed by atoms with Crippen molar-refractivity contribution in [1.29, 1.82) is 0 Å². The van der Waals surface area contributed by atoms with Crippen LogP contribution < -0.4 is 4.90 Å². The molecule has 90 valence electrons. The summed E-state index contributed by atoms with van der Waals surface area (Å²) in [6, 6.07) is 3.87. The molecule has 1 aromatic heterocycles. The van der Waals surface area contributed by atoms with Gasteiger partial charge in [0.15, 0.2) is 0 Å². The summed E-state index contributed by atoms with van der Waals surface area (Å²) in [6.45, 7) is 3.97. The molecule has 17 heavy (non-hydrogen) atoms. The Kier molecular flexibility index (Phi) is 2.71. The van der Waals surface area contributed by atoms with Crippen LogP contribution in [0.1, 0.15) is 29.6 Å². The smallest absolute Gasteiger partial charge is 0.255 e. The lowest BCUT2D eigenvalue weighted by Gasteiger charge is -2.30. The lowest BCUT2D eigenvalue weighted by atomic mass is 10.1. The number of amides is 1. The van der Waals surface area contributed by atoms with E-state index < -0.39 is 0 Å². The highest BCUT2D eigenvalue weighted by Gasteiger charge is 2.22. The maximum atomic E-state index is 11.9. The van der Waals surface area contributed by atoms with Gasteiger partial charge in [-0.25, -0.2) is 4.98 Å². The SMILES string of the molecule is O=C(c1ccc(N2CCCC2)nc1)N1CCC1. The molecule has 1 amide bonds. The third kappa shape index (κ3) is 1.99. The van der Waals surface area contributed by atoms with Crippen molar-refractivity contribution in [3.05, 3.63) is 23.9 Å². The van der Waals surface area contributed by atoms with Gasteiger partial charge in [0.2, 0.25) is 0 Å². The number of rotatable bonds is 2. The van der Waals surface area contributed by atoms with E-state index in [0.717, 1.165) is 38.4 Å². The van der Waals surface area contributed by atoms with E-state index in [0.29, 0.717) is 5.56 Å². The lowest BCUT2D eigenvalue weighted by Crippen LogP contribution is -2.42. The average molecular weight is 231 g/mol. The molecule has 0 atom stereocenters. The van der Waals surface area contributed by atoms with Crippen LogP contribution >= 0.6 is 0 Å². The summed E-state index contributed by atoms with van der Waals surface area (Å²) in [7, 11) is 0. The molecule has 0 radical (unpaired) electrons. The van der Waals surface area contributed by atoms with Crippen LogP contribution in [0.5, 0.6) is 0 Å². The van der Waals surface area contributed by atoms with Crippen LogP contribution in [0, 0.1) is 0 Å². The van der Waals surface area contributed by atoms with Crippen LogP contribution in [0.4, 0.5) is 5.82 Å². The Morgan fingerprint density at radius 3 is 2.35 bits per heavy atom. The Bertz CT molecular complexity index is 405. The Balaban J connectivity index is 1.72.